The molecule has 6 heteroatoms. The number of hydrogen-bond donors (Lipinski definition) is 2. The van der Waals surface area contributed by atoms with Gasteiger partial charge >= 0.3 is 0 Å². The second-order valence-corrected chi connectivity index (χ2v) is 3.58. The molecule has 1 aliphatic heterocycles. The minimum absolute atomic E-state index is 0.0584. The summed E-state index contributed by atoms with van der Waals surface area (Å²) in [4.78, 5) is 9.99. The molecule has 0 aliphatic carbocycles. The maximum Gasteiger partial charge on any atom is 0.286 e. The van der Waals surface area contributed by atoms with Crippen LogP contribution in [0.25, 0.3) is 0 Å². The first-order chi connectivity index (χ1) is 5.43. The number of dihydropyridines is 1. The van der Waals surface area contributed by atoms with E-state index < -0.39 is 10.6 Å². The number of nitrogens with zero attached hydrogens (tertiary/aromatic N) is 1. The van der Waals surface area contributed by atoms with Gasteiger partial charge in [0, 0.05) is 16.8 Å². The topological polar surface area (TPSA) is 81.2 Å². The Labute approximate surface area is 77.6 Å². The molecule has 0 aromatic rings. The zero-order chi connectivity index (χ0) is 9.35. The summed E-state index contributed by atoms with van der Waals surface area (Å²) in [5.41, 5.74) is 4.44. The van der Waals surface area contributed by atoms with Gasteiger partial charge < -0.3 is 5.32 Å². The van der Waals surface area contributed by atoms with Crippen LogP contribution in [-0.2, 0) is 0 Å². The second kappa shape index (κ2) is 2.87. The van der Waals surface area contributed by atoms with Gasteiger partial charge in [-0.1, -0.05) is 0 Å². The first kappa shape index (κ1) is 9.21. The molecule has 3 N–H and O–H groups in total. The Morgan fingerprint density at radius 1 is 1.83 bits per heavy atom. The first-order valence-electron chi connectivity index (χ1n) is 3.22. The van der Waals surface area contributed by atoms with Crippen molar-refractivity contribution in [2.45, 2.75) is 12.6 Å². The van der Waals surface area contributed by atoms with Gasteiger partial charge in [-0.3, -0.25) is 15.8 Å². The maximum atomic E-state index is 10.5. The molecule has 66 valence electrons. The molecule has 1 aliphatic rings. The summed E-state index contributed by atoms with van der Waals surface area (Å²) < 4.78 is 0.608. The Hall–Kier alpha value is -0.880. The maximum absolute atomic E-state index is 10.5. The molecule has 0 spiro atoms. The number of hydrogen-bond acceptors (Lipinski definition) is 4. The summed E-state index contributed by atoms with van der Waals surface area (Å²) in [7, 11) is 0. The molecular formula is C6H8BrN3O2. The van der Waals surface area contributed by atoms with Gasteiger partial charge in [0.2, 0.25) is 0 Å². The fourth-order valence-electron chi connectivity index (χ4n) is 0.857. The Morgan fingerprint density at radius 2 is 2.42 bits per heavy atom. The van der Waals surface area contributed by atoms with Gasteiger partial charge in [-0.05, 0) is 22.9 Å². The van der Waals surface area contributed by atoms with Crippen molar-refractivity contribution in [1.82, 2.24) is 5.32 Å². The van der Waals surface area contributed by atoms with Crippen molar-refractivity contribution < 1.29 is 4.92 Å². The molecule has 1 rings (SSSR count). The van der Waals surface area contributed by atoms with E-state index in [0.29, 0.717) is 4.48 Å². The first-order valence-corrected chi connectivity index (χ1v) is 4.01. The number of rotatable bonds is 1. The SMILES string of the molecule is CC1(N)NC=C(Br)C=C1[N+](=O)[O-]. The quantitative estimate of drug-likeness (QED) is 0.515. The molecule has 0 fully saturated rings. The van der Waals surface area contributed by atoms with Crippen LogP contribution in [0.5, 0.6) is 0 Å². The average Bonchev–Trinajstić information content (AvgIpc) is 1.94. The predicted molar refractivity (Wildman–Crippen MR) is 47.8 cm³/mol. The summed E-state index contributed by atoms with van der Waals surface area (Å²) in [6.45, 7) is 1.54. The highest BCUT2D eigenvalue weighted by atomic mass is 79.9. The number of nitro groups is 1. The Kier molecular flexibility index (Phi) is 2.20. The van der Waals surface area contributed by atoms with E-state index in [-0.39, 0.29) is 5.70 Å². The highest BCUT2D eigenvalue weighted by Gasteiger charge is 2.35. The van der Waals surface area contributed by atoms with Crippen molar-refractivity contribution in [3.8, 4) is 0 Å². The monoisotopic (exact) mass is 233 g/mol. The normalized spacial score (nSPS) is 28.6. The summed E-state index contributed by atoms with van der Waals surface area (Å²) >= 11 is 3.11. The molecule has 12 heavy (non-hydrogen) atoms. The third kappa shape index (κ3) is 1.64. The van der Waals surface area contributed by atoms with E-state index in [1.54, 1.807) is 6.20 Å². The fraction of sp³-hybridized carbons (Fsp3) is 0.333. The van der Waals surface area contributed by atoms with E-state index in [1.807, 2.05) is 0 Å². The highest BCUT2D eigenvalue weighted by Crippen LogP contribution is 2.21. The van der Waals surface area contributed by atoms with Crippen LogP contribution >= 0.6 is 15.9 Å². The standard InChI is InChI=1S/C6H8BrN3O2/c1-6(8)5(10(11)12)2-4(7)3-9-6/h2-3,9H,8H2,1H3. The second-order valence-electron chi connectivity index (χ2n) is 2.66. The van der Waals surface area contributed by atoms with Crippen molar-refractivity contribution >= 4 is 15.9 Å². The molecule has 1 heterocycles. The lowest BCUT2D eigenvalue weighted by Gasteiger charge is -2.24. The lowest BCUT2D eigenvalue weighted by Crippen LogP contribution is -2.53. The van der Waals surface area contributed by atoms with Crippen LogP contribution < -0.4 is 11.1 Å². The van der Waals surface area contributed by atoms with Crippen molar-refractivity contribution in [1.29, 1.82) is 0 Å². The van der Waals surface area contributed by atoms with Crippen LogP contribution in [0.1, 0.15) is 6.92 Å². The van der Waals surface area contributed by atoms with Crippen molar-refractivity contribution in [3.05, 3.63) is 32.6 Å². The predicted octanol–water partition coefficient (Wildman–Crippen LogP) is 0.661. The molecule has 0 amide bonds. The van der Waals surface area contributed by atoms with Crippen LogP contribution in [0.3, 0.4) is 0 Å². The van der Waals surface area contributed by atoms with E-state index in [4.69, 9.17) is 5.73 Å². The Morgan fingerprint density at radius 3 is 2.83 bits per heavy atom. The van der Waals surface area contributed by atoms with Crippen LogP contribution in [0.2, 0.25) is 0 Å². The van der Waals surface area contributed by atoms with Gasteiger partial charge in [0.15, 0.2) is 5.66 Å². The van der Waals surface area contributed by atoms with Gasteiger partial charge in [-0.2, -0.15) is 0 Å². The van der Waals surface area contributed by atoms with Crippen molar-refractivity contribution in [2.75, 3.05) is 0 Å². The molecule has 1 atom stereocenters. The Bertz CT molecular complexity index is 283. The minimum Gasteiger partial charge on any atom is -0.364 e. The molecule has 0 radical (unpaired) electrons. The molecule has 5 nitrogen and oxygen atoms in total. The van der Waals surface area contributed by atoms with E-state index in [9.17, 15) is 10.1 Å². The molecule has 0 saturated carbocycles. The molecule has 0 bridgehead atoms. The molecule has 0 aromatic carbocycles. The van der Waals surface area contributed by atoms with Crippen molar-refractivity contribution in [2.24, 2.45) is 5.73 Å². The zero-order valence-electron chi connectivity index (χ0n) is 6.37. The van der Waals surface area contributed by atoms with Gasteiger partial charge in [0.25, 0.3) is 5.70 Å². The molecule has 0 saturated heterocycles. The summed E-state index contributed by atoms with van der Waals surface area (Å²) in [5.74, 6) is 0. The lowest BCUT2D eigenvalue weighted by molar-refractivity contribution is -0.435. The lowest BCUT2D eigenvalue weighted by atomic mass is 10.1. The number of allylic oxidation sites excluding steroid dienone is 2. The smallest absolute Gasteiger partial charge is 0.286 e. The highest BCUT2D eigenvalue weighted by molar-refractivity contribution is 9.11. The Balaban J connectivity index is 3.05. The summed E-state index contributed by atoms with van der Waals surface area (Å²) in [6, 6.07) is 0. The van der Waals surface area contributed by atoms with E-state index in [1.165, 1.54) is 13.0 Å². The average molecular weight is 234 g/mol. The molecular weight excluding hydrogens is 226 g/mol. The zero-order valence-corrected chi connectivity index (χ0v) is 7.96. The number of nitrogens with one attached hydrogen (secondary N) is 1. The third-order valence-corrected chi connectivity index (χ3v) is 1.97. The molecule has 1 unspecified atom stereocenters. The van der Waals surface area contributed by atoms with Crippen molar-refractivity contribution in [3.63, 3.8) is 0 Å². The summed E-state index contributed by atoms with van der Waals surface area (Å²) in [5, 5.41) is 13.2. The van der Waals surface area contributed by atoms with Crippen LogP contribution in [0, 0.1) is 10.1 Å². The van der Waals surface area contributed by atoms with Gasteiger partial charge in [-0.25, -0.2) is 0 Å². The third-order valence-electron chi connectivity index (χ3n) is 1.51. The molecule has 0 aromatic heterocycles. The van der Waals surface area contributed by atoms with E-state index >= 15 is 0 Å². The van der Waals surface area contributed by atoms with Gasteiger partial charge in [0.05, 0.1) is 4.92 Å². The van der Waals surface area contributed by atoms with E-state index in [0.717, 1.165) is 0 Å². The largest absolute Gasteiger partial charge is 0.364 e. The van der Waals surface area contributed by atoms with E-state index in [2.05, 4.69) is 21.2 Å². The summed E-state index contributed by atoms with van der Waals surface area (Å²) in [6.07, 6.45) is 2.96. The van der Waals surface area contributed by atoms with Crippen LogP contribution in [0.4, 0.5) is 0 Å². The number of halogens is 1. The van der Waals surface area contributed by atoms with Gasteiger partial charge in [0.1, 0.15) is 0 Å². The minimum atomic E-state index is -1.10. The number of nitrogens with two attached hydrogens (primary N) is 1. The fourth-order valence-corrected chi connectivity index (χ4v) is 1.19. The van der Waals surface area contributed by atoms with Crippen LogP contribution in [0.15, 0.2) is 22.5 Å². The van der Waals surface area contributed by atoms with Gasteiger partial charge in [-0.15, -0.1) is 0 Å². The van der Waals surface area contributed by atoms with Crippen LogP contribution in [-0.4, -0.2) is 10.6 Å².